The van der Waals surface area contributed by atoms with Crippen molar-refractivity contribution >= 4 is 21.6 Å². The summed E-state index contributed by atoms with van der Waals surface area (Å²) >= 11 is 0. The Hall–Kier alpha value is -2.85. The molecule has 0 spiro atoms. The molecule has 1 atom stereocenters. The molecule has 1 amide bonds. The maximum absolute atomic E-state index is 13.4. The van der Waals surface area contributed by atoms with E-state index in [4.69, 9.17) is 4.84 Å². The molecule has 4 rings (SSSR count). The summed E-state index contributed by atoms with van der Waals surface area (Å²) in [7, 11) is -3.78. The number of amides is 1. The van der Waals surface area contributed by atoms with E-state index in [0.29, 0.717) is 24.2 Å². The van der Waals surface area contributed by atoms with Crippen LogP contribution in [0, 0.1) is 11.6 Å². The molecule has 2 aromatic rings. The van der Waals surface area contributed by atoms with Crippen LogP contribution in [0.3, 0.4) is 0 Å². The van der Waals surface area contributed by atoms with Gasteiger partial charge in [-0.15, -0.1) is 0 Å². The van der Waals surface area contributed by atoms with Gasteiger partial charge in [-0.25, -0.2) is 17.2 Å². The SMILES string of the molecule is O=C(C1CC(c2cccc(F)c2)=NO1)N1CCCN(S(=O)(=O)c2ccc(F)cc2)CC1. The van der Waals surface area contributed by atoms with Crippen molar-refractivity contribution in [1.29, 1.82) is 0 Å². The Morgan fingerprint density at radius 2 is 1.77 bits per heavy atom. The van der Waals surface area contributed by atoms with Gasteiger partial charge in [-0.1, -0.05) is 17.3 Å². The zero-order valence-electron chi connectivity index (χ0n) is 16.6. The molecule has 0 aromatic heterocycles. The molecule has 0 N–H and O–H groups in total. The van der Waals surface area contributed by atoms with Crippen LogP contribution in [0.25, 0.3) is 0 Å². The third-order valence-electron chi connectivity index (χ3n) is 5.32. The highest BCUT2D eigenvalue weighted by atomic mass is 32.2. The van der Waals surface area contributed by atoms with Crippen molar-refractivity contribution in [2.45, 2.75) is 23.8 Å². The van der Waals surface area contributed by atoms with Gasteiger partial charge in [-0.05, 0) is 42.8 Å². The van der Waals surface area contributed by atoms with Crippen molar-refractivity contribution in [2.75, 3.05) is 26.2 Å². The Labute approximate surface area is 178 Å². The molecule has 0 aliphatic carbocycles. The summed E-state index contributed by atoms with van der Waals surface area (Å²) in [5.74, 6) is -1.19. The maximum atomic E-state index is 13.4. The van der Waals surface area contributed by atoms with Crippen molar-refractivity contribution in [3.8, 4) is 0 Å². The first-order valence-electron chi connectivity index (χ1n) is 9.88. The molecule has 0 saturated carbocycles. The van der Waals surface area contributed by atoms with Crippen molar-refractivity contribution in [3.63, 3.8) is 0 Å². The van der Waals surface area contributed by atoms with Crippen LogP contribution in [-0.4, -0.2) is 61.5 Å². The second-order valence-corrected chi connectivity index (χ2v) is 9.32. The van der Waals surface area contributed by atoms with E-state index in [9.17, 15) is 22.0 Å². The van der Waals surface area contributed by atoms with E-state index in [1.54, 1.807) is 17.0 Å². The van der Waals surface area contributed by atoms with Crippen LogP contribution >= 0.6 is 0 Å². The number of hydrogen-bond donors (Lipinski definition) is 0. The Morgan fingerprint density at radius 1 is 1.00 bits per heavy atom. The molecule has 1 fully saturated rings. The monoisotopic (exact) mass is 449 g/mol. The number of benzene rings is 2. The normalized spacial score (nSPS) is 20.1. The first-order chi connectivity index (χ1) is 14.8. The van der Waals surface area contributed by atoms with Gasteiger partial charge >= 0.3 is 0 Å². The summed E-state index contributed by atoms with van der Waals surface area (Å²) in [6.45, 7) is 0.952. The predicted octanol–water partition coefficient (Wildman–Crippen LogP) is 2.38. The summed E-state index contributed by atoms with van der Waals surface area (Å²) in [5.41, 5.74) is 1.05. The van der Waals surface area contributed by atoms with Gasteiger partial charge < -0.3 is 9.74 Å². The van der Waals surface area contributed by atoms with Crippen LogP contribution in [0.1, 0.15) is 18.4 Å². The van der Waals surface area contributed by atoms with Crippen molar-refractivity contribution in [1.82, 2.24) is 9.21 Å². The number of carbonyl (C=O) groups excluding carboxylic acids is 1. The number of nitrogens with zero attached hydrogens (tertiary/aromatic N) is 3. The van der Waals surface area contributed by atoms with Crippen molar-refractivity contribution in [3.05, 3.63) is 65.7 Å². The first-order valence-corrected chi connectivity index (χ1v) is 11.3. The molecule has 2 aliphatic heterocycles. The minimum Gasteiger partial charge on any atom is -0.382 e. The Balaban J connectivity index is 1.39. The smallest absolute Gasteiger partial charge is 0.266 e. The molecule has 2 aliphatic rings. The van der Waals surface area contributed by atoms with Crippen molar-refractivity contribution < 1.29 is 26.8 Å². The lowest BCUT2D eigenvalue weighted by Crippen LogP contribution is -2.42. The fourth-order valence-electron chi connectivity index (χ4n) is 3.66. The zero-order valence-corrected chi connectivity index (χ0v) is 17.4. The van der Waals surface area contributed by atoms with Gasteiger partial charge in [-0.2, -0.15) is 4.31 Å². The van der Waals surface area contributed by atoms with E-state index >= 15 is 0 Å². The summed E-state index contributed by atoms with van der Waals surface area (Å²) in [5, 5.41) is 3.93. The van der Waals surface area contributed by atoms with Gasteiger partial charge in [0, 0.05) is 38.2 Å². The highest BCUT2D eigenvalue weighted by molar-refractivity contribution is 7.89. The lowest BCUT2D eigenvalue weighted by Gasteiger charge is -2.23. The number of rotatable bonds is 4. The molecule has 1 unspecified atom stereocenters. The highest BCUT2D eigenvalue weighted by Crippen LogP contribution is 2.22. The number of halogens is 2. The molecule has 0 bridgehead atoms. The molecule has 2 heterocycles. The minimum atomic E-state index is -3.78. The van der Waals surface area contributed by atoms with E-state index in [-0.39, 0.29) is 36.9 Å². The Morgan fingerprint density at radius 3 is 2.52 bits per heavy atom. The van der Waals surface area contributed by atoms with Crippen LogP contribution in [0.4, 0.5) is 8.78 Å². The van der Waals surface area contributed by atoms with Gasteiger partial charge in [-0.3, -0.25) is 4.79 Å². The molecule has 10 heteroatoms. The number of hydrogen-bond acceptors (Lipinski definition) is 5. The van der Waals surface area contributed by atoms with Gasteiger partial charge in [0.25, 0.3) is 5.91 Å². The largest absolute Gasteiger partial charge is 0.382 e. The Bertz CT molecular complexity index is 1110. The van der Waals surface area contributed by atoms with E-state index in [2.05, 4.69) is 5.16 Å². The standard InChI is InChI=1S/C21H21F2N3O4S/c22-16-5-7-18(8-6-16)31(28,29)26-10-2-9-25(11-12-26)21(27)20-14-19(24-30-20)15-3-1-4-17(23)13-15/h1,3-8,13,20H,2,9-12,14H2. The molecule has 31 heavy (non-hydrogen) atoms. The third kappa shape index (κ3) is 4.59. The second kappa shape index (κ2) is 8.72. The van der Waals surface area contributed by atoms with Crippen LogP contribution in [-0.2, 0) is 19.7 Å². The summed E-state index contributed by atoms with van der Waals surface area (Å²) < 4.78 is 53.6. The molecular formula is C21H21F2N3O4S. The van der Waals surface area contributed by atoms with Crippen LogP contribution < -0.4 is 0 Å². The summed E-state index contributed by atoms with van der Waals surface area (Å²) in [6, 6.07) is 10.6. The lowest BCUT2D eigenvalue weighted by atomic mass is 10.0. The quantitative estimate of drug-likeness (QED) is 0.718. The lowest BCUT2D eigenvalue weighted by molar-refractivity contribution is -0.141. The number of oxime groups is 1. The topological polar surface area (TPSA) is 79.3 Å². The van der Waals surface area contributed by atoms with Crippen molar-refractivity contribution in [2.24, 2.45) is 5.16 Å². The van der Waals surface area contributed by atoms with Crippen LogP contribution in [0.5, 0.6) is 0 Å². The fourth-order valence-corrected chi connectivity index (χ4v) is 5.13. The predicted molar refractivity (Wildman–Crippen MR) is 109 cm³/mol. The third-order valence-corrected chi connectivity index (χ3v) is 7.23. The fraction of sp³-hybridized carbons (Fsp3) is 0.333. The second-order valence-electron chi connectivity index (χ2n) is 7.38. The van der Waals surface area contributed by atoms with E-state index < -0.39 is 27.8 Å². The highest BCUT2D eigenvalue weighted by Gasteiger charge is 2.35. The molecule has 2 aromatic carbocycles. The van der Waals surface area contributed by atoms with Gasteiger partial charge in [0.15, 0.2) is 0 Å². The number of carbonyl (C=O) groups is 1. The maximum Gasteiger partial charge on any atom is 0.266 e. The molecule has 0 radical (unpaired) electrons. The molecule has 1 saturated heterocycles. The van der Waals surface area contributed by atoms with E-state index in [1.165, 1.54) is 28.6 Å². The Kier molecular flexibility index (Phi) is 6.01. The minimum absolute atomic E-state index is 0.0148. The van der Waals surface area contributed by atoms with E-state index in [0.717, 1.165) is 12.1 Å². The summed E-state index contributed by atoms with van der Waals surface area (Å²) in [6.07, 6.45) is -0.147. The van der Waals surface area contributed by atoms with E-state index in [1.807, 2.05) is 0 Å². The molecule has 7 nitrogen and oxygen atoms in total. The summed E-state index contributed by atoms with van der Waals surface area (Å²) in [4.78, 5) is 19.8. The molecule has 164 valence electrons. The van der Waals surface area contributed by atoms with Crippen LogP contribution in [0.15, 0.2) is 58.6 Å². The molecular weight excluding hydrogens is 428 g/mol. The zero-order chi connectivity index (χ0) is 22.0. The van der Waals surface area contributed by atoms with Crippen LogP contribution in [0.2, 0.25) is 0 Å². The first kappa shape index (κ1) is 21.4. The average Bonchev–Trinajstić information content (AvgIpc) is 3.11. The number of sulfonamides is 1. The van der Waals surface area contributed by atoms with Gasteiger partial charge in [0.2, 0.25) is 16.1 Å². The van der Waals surface area contributed by atoms with Gasteiger partial charge in [0.1, 0.15) is 11.6 Å². The van der Waals surface area contributed by atoms with Gasteiger partial charge in [0.05, 0.1) is 10.6 Å². The average molecular weight is 449 g/mol.